The number of aromatic nitrogens is 1. The lowest BCUT2D eigenvalue weighted by atomic mass is 10.1. The number of nitrogens with zero attached hydrogens (tertiary/aromatic N) is 4. The highest BCUT2D eigenvalue weighted by molar-refractivity contribution is 5.98. The van der Waals surface area contributed by atoms with E-state index in [9.17, 15) is 14.5 Å². The minimum atomic E-state index is -0.806. The molecule has 3 rings (SSSR count). The molecule has 0 radical (unpaired) electrons. The van der Waals surface area contributed by atoms with Crippen molar-refractivity contribution < 1.29 is 14.3 Å². The van der Waals surface area contributed by atoms with E-state index in [2.05, 4.69) is 20.0 Å². The lowest BCUT2D eigenvalue weighted by molar-refractivity contribution is -0.117. The molecule has 0 unspecified atom stereocenters. The van der Waals surface area contributed by atoms with E-state index in [1.54, 1.807) is 24.3 Å². The topological polar surface area (TPSA) is 92.2 Å². The molecule has 0 aliphatic carbocycles. The molecule has 1 aliphatic rings. The fourth-order valence-corrected chi connectivity index (χ4v) is 3.18. The molecule has 2 heterocycles. The lowest BCUT2D eigenvalue weighted by Gasteiger charge is -2.35. The van der Waals surface area contributed by atoms with Crippen LogP contribution in [0.15, 0.2) is 53.8 Å². The molecule has 0 saturated carbocycles. The molecule has 29 heavy (non-hydrogen) atoms. The maximum Gasteiger partial charge on any atom is 0.286 e. The third-order valence-corrected chi connectivity index (χ3v) is 4.87. The van der Waals surface area contributed by atoms with Gasteiger partial charge in [-0.25, -0.2) is 4.98 Å². The van der Waals surface area contributed by atoms with E-state index in [0.717, 1.165) is 38.5 Å². The standard InChI is InChI=1S/C21H24N4O4/c26-19(8-9-21(27)23-28)17-4-6-18(7-5-17)29-16-15-24-11-13-25(14-12-24)20-3-1-2-10-22-20/h1-7,10H,8-9,11-16H2. The van der Waals surface area contributed by atoms with Gasteiger partial charge in [0.2, 0.25) is 0 Å². The summed E-state index contributed by atoms with van der Waals surface area (Å²) in [6, 6.07) is 12.8. The lowest BCUT2D eigenvalue weighted by Crippen LogP contribution is -2.47. The van der Waals surface area contributed by atoms with Crippen LogP contribution in [0.2, 0.25) is 0 Å². The summed E-state index contributed by atoms with van der Waals surface area (Å²) in [5.74, 6) is 0.711. The zero-order valence-corrected chi connectivity index (χ0v) is 16.2. The van der Waals surface area contributed by atoms with Crippen LogP contribution in [-0.4, -0.2) is 60.9 Å². The highest BCUT2D eigenvalue weighted by atomic mass is 16.5. The third kappa shape index (κ3) is 6.18. The molecule has 8 nitrogen and oxygen atoms in total. The molecule has 1 saturated heterocycles. The van der Waals surface area contributed by atoms with Crippen LogP contribution in [0.3, 0.4) is 0 Å². The van der Waals surface area contributed by atoms with Crippen molar-refractivity contribution >= 4 is 17.5 Å². The van der Waals surface area contributed by atoms with Crippen molar-refractivity contribution in [3.63, 3.8) is 0 Å². The van der Waals surface area contributed by atoms with Gasteiger partial charge in [-0.1, -0.05) is 6.07 Å². The Hall–Kier alpha value is -3.13. The Morgan fingerprint density at radius 3 is 2.41 bits per heavy atom. The molecule has 8 heteroatoms. The van der Waals surface area contributed by atoms with Gasteiger partial charge in [0.1, 0.15) is 18.2 Å². The molecule has 0 N–H and O–H groups in total. The molecule has 0 atom stereocenters. The Labute approximate surface area is 169 Å². The number of carbonyl (C=O) groups is 2. The number of amides is 1. The van der Waals surface area contributed by atoms with Gasteiger partial charge in [-0.3, -0.25) is 14.5 Å². The van der Waals surface area contributed by atoms with Gasteiger partial charge in [-0.15, -0.1) is 4.91 Å². The van der Waals surface area contributed by atoms with Crippen LogP contribution >= 0.6 is 0 Å². The Morgan fingerprint density at radius 1 is 1.00 bits per heavy atom. The number of pyridine rings is 1. The summed E-state index contributed by atoms with van der Waals surface area (Å²) in [5, 5.41) is 2.29. The second-order valence-corrected chi connectivity index (χ2v) is 6.80. The van der Waals surface area contributed by atoms with Crippen molar-refractivity contribution in [1.29, 1.82) is 0 Å². The Bertz CT molecular complexity index is 818. The molecule has 0 spiro atoms. The normalized spacial score (nSPS) is 14.4. The van der Waals surface area contributed by atoms with Crippen LogP contribution in [0.5, 0.6) is 5.75 Å². The molecule has 1 amide bonds. The maximum absolute atomic E-state index is 12.0. The molecular weight excluding hydrogens is 372 g/mol. The number of hydrogen-bond acceptors (Lipinski definition) is 7. The smallest absolute Gasteiger partial charge is 0.286 e. The first-order chi connectivity index (χ1) is 14.2. The van der Waals surface area contributed by atoms with Gasteiger partial charge in [0.25, 0.3) is 5.91 Å². The number of ketones is 1. The summed E-state index contributed by atoms with van der Waals surface area (Å²) in [4.78, 5) is 41.9. The van der Waals surface area contributed by atoms with Crippen molar-refractivity contribution in [2.75, 3.05) is 44.2 Å². The number of hydrogen-bond donors (Lipinski definition) is 0. The van der Waals surface area contributed by atoms with E-state index in [-0.39, 0.29) is 18.6 Å². The minimum absolute atomic E-state index is 0.0186. The van der Waals surface area contributed by atoms with Crippen molar-refractivity contribution in [2.45, 2.75) is 12.8 Å². The minimum Gasteiger partial charge on any atom is -0.492 e. The molecule has 0 bridgehead atoms. The number of benzene rings is 1. The second kappa shape index (κ2) is 10.4. The number of nitroso groups, excluding NO2 is 1. The number of anilines is 1. The van der Waals surface area contributed by atoms with E-state index in [4.69, 9.17) is 4.74 Å². The molecular formula is C21H24N4O4. The Balaban J connectivity index is 1.37. The average molecular weight is 396 g/mol. The summed E-state index contributed by atoms with van der Waals surface area (Å²) >= 11 is 0. The van der Waals surface area contributed by atoms with E-state index in [0.29, 0.717) is 17.9 Å². The van der Waals surface area contributed by atoms with Gasteiger partial charge in [0.05, 0.1) is 0 Å². The van der Waals surface area contributed by atoms with Gasteiger partial charge in [-0.2, -0.15) is 0 Å². The van der Waals surface area contributed by atoms with Gasteiger partial charge < -0.3 is 9.64 Å². The largest absolute Gasteiger partial charge is 0.492 e. The van der Waals surface area contributed by atoms with Crippen molar-refractivity contribution in [2.24, 2.45) is 5.18 Å². The molecule has 1 aliphatic heterocycles. The van der Waals surface area contributed by atoms with Crippen LogP contribution < -0.4 is 9.64 Å². The Kier molecular flexibility index (Phi) is 7.40. The average Bonchev–Trinajstić information content (AvgIpc) is 2.78. The van der Waals surface area contributed by atoms with Gasteiger partial charge >= 0.3 is 0 Å². The predicted molar refractivity (Wildman–Crippen MR) is 109 cm³/mol. The number of carbonyl (C=O) groups excluding carboxylic acids is 2. The van der Waals surface area contributed by atoms with Crippen molar-refractivity contribution in [3.05, 3.63) is 59.1 Å². The number of ether oxygens (including phenoxy) is 1. The summed E-state index contributed by atoms with van der Waals surface area (Å²) in [6.45, 7) is 5.20. The van der Waals surface area contributed by atoms with Gasteiger partial charge in [0.15, 0.2) is 5.78 Å². The molecule has 1 fully saturated rings. The van der Waals surface area contributed by atoms with E-state index < -0.39 is 5.91 Å². The van der Waals surface area contributed by atoms with E-state index in [1.165, 1.54) is 0 Å². The summed E-state index contributed by atoms with van der Waals surface area (Å²) in [7, 11) is 0. The van der Waals surface area contributed by atoms with Crippen LogP contribution in [0.1, 0.15) is 23.2 Å². The first-order valence-electron chi connectivity index (χ1n) is 9.66. The molecule has 1 aromatic heterocycles. The predicted octanol–water partition coefficient (Wildman–Crippen LogP) is 2.54. The van der Waals surface area contributed by atoms with E-state index in [1.807, 2.05) is 24.4 Å². The number of Topliss-reactive ketones (excluding diaryl/α,β-unsaturated/α-hetero) is 1. The highest BCUT2D eigenvalue weighted by Crippen LogP contribution is 2.15. The van der Waals surface area contributed by atoms with Gasteiger partial charge in [-0.05, 0) is 36.4 Å². The first-order valence-corrected chi connectivity index (χ1v) is 9.66. The number of rotatable bonds is 9. The summed E-state index contributed by atoms with van der Waals surface area (Å²) in [6.07, 6.45) is 1.64. The van der Waals surface area contributed by atoms with E-state index >= 15 is 0 Å². The number of piperazine rings is 1. The quantitative estimate of drug-likeness (QED) is 0.475. The SMILES string of the molecule is O=NC(=O)CCC(=O)c1ccc(OCCN2CCN(c3ccccn3)CC2)cc1. The van der Waals surface area contributed by atoms with Gasteiger partial charge in [0, 0.05) is 62.5 Å². The summed E-state index contributed by atoms with van der Waals surface area (Å²) in [5.41, 5.74) is 0.488. The van der Waals surface area contributed by atoms with Crippen LogP contribution in [-0.2, 0) is 4.79 Å². The highest BCUT2D eigenvalue weighted by Gasteiger charge is 2.17. The molecule has 152 valence electrons. The zero-order chi connectivity index (χ0) is 20.5. The van der Waals surface area contributed by atoms with Crippen LogP contribution in [0, 0.1) is 4.91 Å². The monoisotopic (exact) mass is 396 g/mol. The molecule has 1 aromatic carbocycles. The van der Waals surface area contributed by atoms with Crippen LogP contribution in [0.25, 0.3) is 0 Å². The van der Waals surface area contributed by atoms with Crippen molar-refractivity contribution in [1.82, 2.24) is 9.88 Å². The van der Waals surface area contributed by atoms with Crippen LogP contribution in [0.4, 0.5) is 5.82 Å². The summed E-state index contributed by atoms with van der Waals surface area (Å²) < 4.78 is 5.78. The fourth-order valence-electron chi connectivity index (χ4n) is 3.18. The fraction of sp³-hybridized carbons (Fsp3) is 0.381. The first kappa shape index (κ1) is 20.6. The zero-order valence-electron chi connectivity index (χ0n) is 16.2. The van der Waals surface area contributed by atoms with Crippen molar-refractivity contribution in [3.8, 4) is 5.75 Å². The second-order valence-electron chi connectivity index (χ2n) is 6.80. The molecule has 2 aromatic rings. The maximum atomic E-state index is 12.0. The Morgan fingerprint density at radius 2 is 1.76 bits per heavy atom. The third-order valence-electron chi connectivity index (χ3n) is 4.87.